The molecule has 1 atom stereocenters. The number of hydrogen-bond acceptors (Lipinski definition) is 2. The van der Waals surface area contributed by atoms with Crippen molar-refractivity contribution in [3.8, 4) is 0 Å². The summed E-state index contributed by atoms with van der Waals surface area (Å²) in [6.07, 6.45) is 7.33. The van der Waals surface area contributed by atoms with Crippen LogP contribution in [0, 0.1) is 5.92 Å². The molecule has 0 saturated heterocycles. The number of nitrogens with zero attached hydrogens (tertiary/aromatic N) is 2. The van der Waals surface area contributed by atoms with Crippen LogP contribution in [0.2, 0.25) is 0 Å². The maximum atomic E-state index is 12.4. The average Bonchev–Trinajstić information content (AvgIpc) is 3.19. The van der Waals surface area contributed by atoms with E-state index in [9.17, 15) is 4.79 Å². The second-order valence-corrected chi connectivity index (χ2v) is 5.68. The Morgan fingerprint density at radius 2 is 2.26 bits per heavy atom. The van der Waals surface area contributed by atoms with Gasteiger partial charge in [-0.3, -0.25) is 4.79 Å². The molecule has 108 valence electrons. The van der Waals surface area contributed by atoms with Gasteiger partial charge in [0.05, 0.1) is 0 Å². The molecule has 4 heteroatoms. The highest BCUT2D eigenvalue weighted by Gasteiger charge is 2.33. The molecule has 0 spiro atoms. The molecule has 0 N–H and O–H groups in total. The molecule has 0 bridgehead atoms. The Hall–Kier alpha value is -0.830. The fourth-order valence-electron chi connectivity index (χ4n) is 2.22. The maximum Gasteiger partial charge on any atom is 0.225 e. The lowest BCUT2D eigenvalue weighted by Gasteiger charge is -2.25. The highest BCUT2D eigenvalue weighted by Crippen LogP contribution is 2.29. The van der Waals surface area contributed by atoms with Crippen LogP contribution in [0.15, 0.2) is 17.8 Å². The first kappa shape index (κ1) is 16.2. The van der Waals surface area contributed by atoms with E-state index in [2.05, 4.69) is 23.4 Å². The molecule has 1 amide bonds. The summed E-state index contributed by atoms with van der Waals surface area (Å²) < 4.78 is 0. The summed E-state index contributed by atoms with van der Waals surface area (Å²) in [5.74, 6) is 0.390. The van der Waals surface area contributed by atoms with Crippen molar-refractivity contribution in [1.29, 1.82) is 0 Å². The first-order valence-electron chi connectivity index (χ1n) is 7.23. The minimum absolute atomic E-state index is 0.0837. The Labute approximate surface area is 121 Å². The van der Waals surface area contributed by atoms with Gasteiger partial charge in [-0.25, -0.2) is 4.99 Å². The standard InChI is InChI=1S/C15H25ClN2O/c1-4-11-18(13-9-10-13)15(19)12(3)7-6-8-14(16)17-5-2/h5,12-13H,2,4,6-11H2,1,3H3/b17-14+. The molecule has 1 rings (SSSR count). The summed E-state index contributed by atoms with van der Waals surface area (Å²) in [6, 6.07) is 0.515. The topological polar surface area (TPSA) is 32.7 Å². The van der Waals surface area contributed by atoms with E-state index in [4.69, 9.17) is 11.6 Å². The zero-order chi connectivity index (χ0) is 14.3. The normalized spacial score (nSPS) is 17.1. The first-order chi connectivity index (χ1) is 9.10. The Morgan fingerprint density at radius 3 is 2.79 bits per heavy atom. The van der Waals surface area contributed by atoms with Gasteiger partial charge in [0.1, 0.15) is 5.17 Å². The predicted molar refractivity (Wildman–Crippen MR) is 81.5 cm³/mol. The van der Waals surface area contributed by atoms with Crippen molar-refractivity contribution >= 4 is 22.7 Å². The zero-order valence-corrected chi connectivity index (χ0v) is 12.8. The second kappa shape index (κ2) is 8.36. The number of halogens is 1. The van der Waals surface area contributed by atoms with Gasteiger partial charge in [-0.2, -0.15) is 0 Å². The summed E-state index contributed by atoms with van der Waals surface area (Å²) in [5.41, 5.74) is 0. The van der Waals surface area contributed by atoms with Crippen molar-refractivity contribution in [2.24, 2.45) is 10.9 Å². The number of carbonyl (C=O) groups excluding carboxylic acids is 1. The third-order valence-electron chi connectivity index (χ3n) is 3.41. The molecule has 1 aliphatic carbocycles. The summed E-state index contributed by atoms with van der Waals surface area (Å²) in [6.45, 7) is 8.55. The van der Waals surface area contributed by atoms with Crippen molar-refractivity contribution in [3.05, 3.63) is 12.8 Å². The maximum absolute atomic E-state index is 12.4. The number of carbonyl (C=O) groups is 1. The van der Waals surface area contributed by atoms with Crippen LogP contribution in [0.3, 0.4) is 0 Å². The fraction of sp³-hybridized carbons (Fsp3) is 0.733. The van der Waals surface area contributed by atoms with Gasteiger partial charge in [-0.15, -0.1) is 0 Å². The lowest BCUT2D eigenvalue weighted by Crippen LogP contribution is -2.37. The van der Waals surface area contributed by atoms with Crippen LogP contribution in [0.1, 0.15) is 52.4 Å². The molecule has 0 heterocycles. The van der Waals surface area contributed by atoms with Crippen molar-refractivity contribution in [2.45, 2.75) is 58.4 Å². The molecule has 0 aliphatic heterocycles. The van der Waals surface area contributed by atoms with Gasteiger partial charge in [-0.05, 0) is 32.1 Å². The number of aliphatic imine (C=N–C) groups is 1. The lowest BCUT2D eigenvalue weighted by molar-refractivity contribution is -0.135. The Morgan fingerprint density at radius 1 is 1.58 bits per heavy atom. The van der Waals surface area contributed by atoms with Crippen molar-refractivity contribution in [1.82, 2.24) is 4.90 Å². The molecule has 1 saturated carbocycles. The van der Waals surface area contributed by atoms with Crippen LogP contribution >= 0.6 is 11.6 Å². The van der Waals surface area contributed by atoms with Gasteiger partial charge in [0.15, 0.2) is 0 Å². The molecule has 1 unspecified atom stereocenters. The van der Waals surface area contributed by atoms with Gasteiger partial charge in [-0.1, -0.05) is 32.0 Å². The van der Waals surface area contributed by atoms with E-state index in [-0.39, 0.29) is 5.92 Å². The SMILES string of the molecule is C=C/N=C(/Cl)CCCC(C)C(=O)N(CCC)C1CC1. The number of amides is 1. The van der Waals surface area contributed by atoms with E-state index >= 15 is 0 Å². The predicted octanol–water partition coefficient (Wildman–Crippen LogP) is 3.97. The summed E-state index contributed by atoms with van der Waals surface area (Å²) >= 11 is 5.90. The van der Waals surface area contributed by atoms with E-state index in [1.54, 1.807) is 0 Å². The highest BCUT2D eigenvalue weighted by molar-refractivity contribution is 6.65. The molecular weight excluding hydrogens is 260 g/mol. The average molecular weight is 285 g/mol. The molecule has 0 aromatic rings. The van der Waals surface area contributed by atoms with Crippen LogP contribution < -0.4 is 0 Å². The van der Waals surface area contributed by atoms with Gasteiger partial charge in [0.2, 0.25) is 5.91 Å². The molecule has 1 aliphatic rings. The molecule has 0 radical (unpaired) electrons. The lowest BCUT2D eigenvalue weighted by atomic mass is 10.0. The fourth-order valence-corrected chi connectivity index (χ4v) is 2.43. The van der Waals surface area contributed by atoms with E-state index in [1.807, 2.05) is 6.92 Å². The van der Waals surface area contributed by atoms with Crippen LogP contribution in [0.4, 0.5) is 0 Å². The minimum atomic E-state index is 0.0837. The van der Waals surface area contributed by atoms with Gasteiger partial charge >= 0.3 is 0 Å². The quantitative estimate of drug-likeness (QED) is 0.590. The molecule has 0 aromatic heterocycles. The Kier molecular flexibility index (Phi) is 7.14. The second-order valence-electron chi connectivity index (χ2n) is 5.24. The van der Waals surface area contributed by atoms with Crippen molar-refractivity contribution in [3.63, 3.8) is 0 Å². The van der Waals surface area contributed by atoms with E-state index < -0.39 is 0 Å². The number of rotatable bonds is 9. The van der Waals surface area contributed by atoms with E-state index in [1.165, 1.54) is 19.0 Å². The van der Waals surface area contributed by atoms with Crippen LogP contribution in [0.25, 0.3) is 0 Å². The Bertz CT molecular complexity index is 337. The zero-order valence-electron chi connectivity index (χ0n) is 12.1. The first-order valence-corrected chi connectivity index (χ1v) is 7.61. The summed E-state index contributed by atoms with van der Waals surface area (Å²) in [7, 11) is 0. The minimum Gasteiger partial charge on any atom is -0.339 e. The summed E-state index contributed by atoms with van der Waals surface area (Å²) in [4.78, 5) is 18.4. The van der Waals surface area contributed by atoms with E-state index in [0.29, 0.717) is 17.1 Å². The molecule has 0 aromatic carbocycles. The smallest absolute Gasteiger partial charge is 0.225 e. The van der Waals surface area contributed by atoms with Crippen molar-refractivity contribution < 1.29 is 4.79 Å². The summed E-state index contributed by atoms with van der Waals surface area (Å²) in [5, 5.41) is 0.572. The molecular formula is C15H25ClN2O. The monoisotopic (exact) mass is 284 g/mol. The molecule has 19 heavy (non-hydrogen) atoms. The van der Waals surface area contributed by atoms with Crippen LogP contribution in [0.5, 0.6) is 0 Å². The van der Waals surface area contributed by atoms with E-state index in [0.717, 1.165) is 32.2 Å². The molecule has 1 fully saturated rings. The molecule has 3 nitrogen and oxygen atoms in total. The van der Waals surface area contributed by atoms with Gasteiger partial charge in [0.25, 0.3) is 0 Å². The van der Waals surface area contributed by atoms with Crippen LogP contribution in [-0.2, 0) is 4.79 Å². The van der Waals surface area contributed by atoms with Crippen LogP contribution in [-0.4, -0.2) is 28.6 Å². The number of hydrogen-bond donors (Lipinski definition) is 0. The third-order valence-corrected chi connectivity index (χ3v) is 3.69. The van der Waals surface area contributed by atoms with Gasteiger partial charge in [0, 0.05) is 31.1 Å². The largest absolute Gasteiger partial charge is 0.339 e. The van der Waals surface area contributed by atoms with Crippen molar-refractivity contribution in [2.75, 3.05) is 6.54 Å². The van der Waals surface area contributed by atoms with Gasteiger partial charge < -0.3 is 4.90 Å². The highest BCUT2D eigenvalue weighted by atomic mass is 35.5. The Balaban J connectivity index is 2.34. The third kappa shape index (κ3) is 5.77.